The van der Waals surface area contributed by atoms with Crippen molar-refractivity contribution in [3.63, 3.8) is 0 Å². The van der Waals surface area contributed by atoms with E-state index < -0.39 is 11.7 Å². The Balaban J connectivity index is 2.70. The summed E-state index contributed by atoms with van der Waals surface area (Å²) in [5.74, 6) is 0. The van der Waals surface area contributed by atoms with Crippen molar-refractivity contribution in [3.8, 4) is 0 Å². The summed E-state index contributed by atoms with van der Waals surface area (Å²) in [4.78, 5) is 2.95. The third-order valence-corrected chi connectivity index (χ3v) is 3.12. The maximum atomic E-state index is 12.4. The standard InChI is InChI=1S/C10H7BrF3N/c1-5-7-4-6(10(12,13)14)2-3-8(7)15-9(5)11/h2-4,15H,1H3. The van der Waals surface area contributed by atoms with Crippen LogP contribution in [0.4, 0.5) is 13.2 Å². The number of halogens is 4. The van der Waals surface area contributed by atoms with Crippen LogP contribution in [0.2, 0.25) is 0 Å². The van der Waals surface area contributed by atoms with Gasteiger partial charge in [0, 0.05) is 10.9 Å². The van der Waals surface area contributed by atoms with Gasteiger partial charge in [-0.1, -0.05) is 0 Å². The lowest BCUT2D eigenvalue weighted by molar-refractivity contribution is -0.137. The highest BCUT2D eigenvalue weighted by Crippen LogP contribution is 2.33. The first-order valence-electron chi connectivity index (χ1n) is 4.24. The summed E-state index contributed by atoms with van der Waals surface area (Å²) >= 11 is 3.25. The summed E-state index contributed by atoms with van der Waals surface area (Å²) in [5.41, 5.74) is 0.869. The molecule has 1 heterocycles. The van der Waals surface area contributed by atoms with Crippen LogP contribution in [0.15, 0.2) is 22.8 Å². The molecule has 0 saturated carbocycles. The first-order chi connectivity index (χ1) is 6.89. The Hall–Kier alpha value is -0.970. The van der Waals surface area contributed by atoms with Crippen LogP contribution >= 0.6 is 15.9 Å². The Labute approximate surface area is 92.4 Å². The quantitative estimate of drug-likeness (QED) is 0.741. The molecule has 0 aliphatic heterocycles. The molecule has 2 aromatic rings. The van der Waals surface area contributed by atoms with E-state index in [2.05, 4.69) is 20.9 Å². The molecule has 0 saturated heterocycles. The predicted octanol–water partition coefficient (Wildman–Crippen LogP) is 4.26. The van der Waals surface area contributed by atoms with Crippen molar-refractivity contribution in [2.75, 3.05) is 0 Å². The van der Waals surface area contributed by atoms with Gasteiger partial charge in [-0.3, -0.25) is 0 Å². The van der Waals surface area contributed by atoms with Crippen molar-refractivity contribution in [1.82, 2.24) is 4.98 Å². The predicted molar refractivity (Wildman–Crippen MR) is 55.7 cm³/mol. The fourth-order valence-corrected chi connectivity index (χ4v) is 1.90. The van der Waals surface area contributed by atoms with Gasteiger partial charge in [-0.2, -0.15) is 13.2 Å². The summed E-state index contributed by atoms with van der Waals surface area (Å²) in [6.45, 7) is 1.77. The number of hydrogen-bond acceptors (Lipinski definition) is 0. The molecule has 15 heavy (non-hydrogen) atoms. The Kier molecular flexibility index (Phi) is 2.30. The largest absolute Gasteiger partial charge is 0.416 e. The van der Waals surface area contributed by atoms with Gasteiger partial charge in [-0.15, -0.1) is 0 Å². The Morgan fingerprint density at radius 2 is 1.93 bits per heavy atom. The molecule has 1 aromatic carbocycles. The van der Waals surface area contributed by atoms with Gasteiger partial charge in [0.2, 0.25) is 0 Å². The number of hydrogen-bond donors (Lipinski definition) is 1. The van der Waals surface area contributed by atoms with E-state index in [0.717, 1.165) is 22.3 Å². The van der Waals surface area contributed by atoms with E-state index in [1.807, 2.05) is 0 Å². The maximum Gasteiger partial charge on any atom is 0.416 e. The molecule has 0 radical (unpaired) electrons. The minimum atomic E-state index is -4.29. The molecular formula is C10H7BrF3N. The topological polar surface area (TPSA) is 15.8 Å². The minimum Gasteiger partial charge on any atom is -0.349 e. The molecule has 1 N–H and O–H groups in total. The molecule has 0 bridgehead atoms. The van der Waals surface area contributed by atoms with Gasteiger partial charge < -0.3 is 4.98 Å². The number of H-pyrrole nitrogens is 1. The SMILES string of the molecule is Cc1c(Br)[nH]c2ccc(C(F)(F)F)cc12. The van der Waals surface area contributed by atoms with Gasteiger partial charge in [0.1, 0.15) is 0 Å². The monoisotopic (exact) mass is 277 g/mol. The zero-order chi connectivity index (χ0) is 11.2. The van der Waals surface area contributed by atoms with Crippen LogP contribution in [-0.2, 0) is 6.18 Å². The molecule has 0 fully saturated rings. The van der Waals surface area contributed by atoms with Gasteiger partial charge >= 0.3 is 6.18 Å². The van der Waals surface area contributed by atoms with Crippen molar-refractivity contribution in [3.05, 3.63) is 33.9 Å². The smallest absolute Gasteiger partial charge is 0.349 e. The van der Waals surface area contributed by atoms with E-state index in [0.29, 0.717) is 10.9 Å². The molecule has 80 valence electrons. The van der Waals surface area contributed by atoms with Crippen LogP contribution in [0.5, 0.6) is 0 Å². The summed E-state index contributed by atoms with van der Waals surface area (Å²) < 4.78 is 38.0. The second-order valence-corrected chi connectivity index (χ2v) is 4.12. The molecule has 1 aromatic heterocycles. The highest BCUT2D eigenvalue weighted by Gasteiger charge is 2.30. The Bertz CT molecular complexity index is 513. The lowest BCUT2D eigenvalue weighted by Crippen LogP contribution is -2.04. The van der Waals surface area contributed by atoms with Crippen molar-refractivity contribution in [2.45, 2.75) is 13.1 Å². The van der Waals surface area contributed by atoms with Crippen molar-refractivity contribution in [2.24, 2.45) is 0 Å². The first-order valence-corrected chi connectivity index (χ1v) is 5.04. The van der Waals surface area contributed by atoms with E-state index in [-0.39, 0.29) is 0 Å². The van der Waals surface area contributed by atoms with Crippen LogP contribution in [0, 0.1) is 6.92 Å². The van der Waals surface area contributed by atoms with E-state index >= 15 is 0 Å². The Morgan fingerprint density at radius 3 is 2.53 bits per heavy atom. The van der Waals surface area contributed by atoms with Gasteiger partial charge in [0.05, 0.1) is 10.2 Å². The van der Waals surface area contributed by atoms with Crippen molar-refractivity contribution in [1.29, 1.82) is 0 Å². The molecule has 0 aliphatic rings. The highest BCUT2D eigenvalue weighted by molar-refractivity contribution is 9.10. The normalized spacial score (nSPS) is 12.3. The highest BCUT2D eigenvalue weighted by atomic mass is 79.9. The Morgan fingerprint density at radius 1 is 1.27 bits per heavy atom. The molecule has 5 heteroatoms. The molecule has 0 atom stereocenters. The number of aryl methyl sites for hydroxylation is 1. The average molecular weight is 278 g/mol. The van der Waals surface area contributed by atoms with E-state index in [1.165, 1.54) is 6.07 Å². The zero-order valence-electron chi connectivity index (χ0n) is 7.74. The van der Waals surface area contributed by atoms with Crippen LogP contribution < -0.4 is 0 Å². The molecule has 0 amide bonds. The van der Waals surface area contributed by atoms with Crippen molar-refractivity contribution < 1.29 is 13.2 Å². The lowest BCUT2D eigenvalue weighted by Gasteiger charge is -2.06. The van der Waals surface area contributed by atoms with Crippen LogP contribution in [-0.4, -0.2) is 4.98 Å². The number of fused-ring (bicyclic) bond motifs is 1. The number of aromatic nitrogens is 1. The number of nitrogens with one attached hydrogen (secondary N) is 1. The molecule has 0 unspecified atom stereocenters. The van der Waals surface area contributed by atoms with E-state index in [4.69, 9.17) is 0 Å². The lowest BCUT2D eigenvalue weighted by atomic mass is 10.1. The zero-order valence-corrected chi connectivity index (χ0v) is 9.33. The molecule has 1 nitrogen and oxygen atoms in total. The average Bonchev–Trinajstić information content (AvgIpc) is 2.41. The third-order valence-electron chi connectivity index (χ3n) is 2.32. The minimum absolute atomic E-state index is 0.594. The summed E-state index contributed by atoms with van der Waals surface area (Å²) in [7, 11) is 0. The van der Waals surface area contributed by atoms with Crippen LogP contribution in [0.25, 0.3) is 10.9 Å². The summed E-state index contributed by atoms with van der Waals surface area (Å²) in [5, 5.41) is 0.594. The van der Waals surface area contributed by atoms with Gasteiger partial charge in [0.25, 0.3) is 0 Å². The first kappa shape index (κ1) is 10.5. The van der Waals surface area contributed by atoms with Gasteiger partial charge in [-0.25, -0.2) is 0 Å². The van der Waals surface area contributed by atoms with E-state index in [1.54, 1.807) is 6.92 Å². The summed E-state index contributed by atoms with van der Waals surface area (Å²) in [6.07, 6.45) is -4.29. The summed E-state index contributed by atoms with van der Waals surface area (Å²) in [6, 6.07) is 3.67. The molecule has 0 aliphatic carbocycles. The number of benzene rings is 1. The second-order valence-electron chi connectivity index (χ2n) is 3.32. The second kappa shape index (κ2) is 3.27. The van der Waals surface area contributed by atoms with Gasteiger partial charge in [-0.05, 0) is 46.6 Å². The molecule has 2 rings (SSSR count). The number of alkyl halides is 3. The maximum absolute atomic E-state index is 12.4. The van der Waals surface area contributed by atoms with Crippen molar-refractivity contribution >= 4 is 26.8 Å². The fraction of sp³-hybridized carbons (Fsp3) is 0.200. The number of aromatic amines is 1. The molecule has 0 spiro atoms. The van der Waals surface area contributed by atoms with Crippen LogP contribution in [0.1, 0.15) is 11.1 Å². The third kappa shape index (κ3) is 1.76. The van der Waals surface area contributed by atoms with E-state index in [9.17, 15) is 13.2 Å². The fourth-order valence-electron chi connectivity index (χ4n) is 1.47. The van der Waals surface area contributed by atoms with Gasteiger partial charge in [0.15, 0.2) is 0 Å². The van der Waals surface area contributed by atoms with Crippen LogP contribution in [0.3, 0.4) is 0 Å². The molecular weight excluding hydrogens is 271 g/mol. The number of rotatable bonds is 0.